The van der Waals surface area contributed by atoms with Crippen molar-refractivity contribution >= 4 is 28.7 Å². The second-order valence-electron chi connectivity index (χ2n) is 7.48. The van der Waals surface area contributed by atoms with Gasteiger partial charge in [-0.25, -0.2) is 5.01 Å². The summed E-state index contributed by atoms with van der Waals surface area (Å²) in [5, 5.41) is 8.25. The van der Waals surface area contributed by atoms with E-state index in [1.807, 2.05) is 51.1 Å². The molecule has 2 aromatic carbocycles. The van der Waals surface area contributed by atoms with Crippen molar-refractivity contribution in [3.63, 3.8) is 0 Å². The normalized spacial score (nSPS) is 15.5. The molecular formula is C23H27N3O4S. The highest BCUT2D eigenvalue weighted by atomic mass is 32.2. The Hall–Kier alpha value is -3.00. The number of hydrazone groups is 1. The highest BCUT2D eigenvalue weighted by Gasteiger charge is 2.34. The van der Waals surface area contributed by atoms with Gasteiger partial charge in [0.1, 0.15) is 30.1 Å². The summed E-state index contributed by atoms with van der Waals surface area (Å²) >= 11 is 1.30. The first kappa shape index (κ1) is 22.7. The van der Waals surface area contributed by atoms with Crippen molar-refractivity contribution in [3.8, 4) is 11.5 Å². The standard InChI is InChI=1S/C23H27N3O4S/c1-14-6-7-21(30-9-8-29-19-11-15(2)10-16(3)12-19)20(13-14)22-26(18(5)28)25-23(31-22)24-17(4)27/h6-7,10-13,22H,8-9H2,1-5H3,(H,24,25,27)/t22-/m0/s1. The SMILES string of the molecule is CC(=O)NC1=NN(C(C)=O)[C@H](c2cc(C)ccc2OCCOc2cc(C)cc(C)c2)S1. The number of nitrogens with one attached hydrogen (secondary N) is 1. The zero-order valence-electron chi connectivity index (χ0n) is 18.4. The lowest BCUT2D eigenvalue weighted by atomic mass is 10.1. The molecule has 31 heavy (non-hydrogen) atoms. The Bertz CT molecular complexity index is 1000. The predicted molar refractivity (Wildman–Crippen MR) is 122 cm³/mol. The number of amides is 2. The van der Waals surface area contributed by atoms with Gasteiger partial charge in [0.25, 0.3) is 0 Å². The van der Waals surface area contributed by atoms with Crippen molar-refractivity contribution in [2.75, 3.05) is 13.2 Å². The lowest BCUT2D eigenvalue weighted by Crippen LogP contribution is -2.25. The number of aryl methyl sites for hydroxylation is 3. The summed E-state index contributed by atoms with van der Waals surface area (Å²) in [5.74, 6) is 1.01. The molecule has 1 atom stereocenters. The molecule has 0 bridgehead atoms. The van der Waals surface area contributed by atoms with Gasteiger partial charge in [-0.1, -0.05) is 29.5 Å². The van der Waals surface area contributed by atoms with Crippen molar-refractivity contribution in [2.24, 2.45) is 5.10 Å². The predicted octanol–water partition coefficient (Wildman–Crippen LogP) is 4.07. The fourth-order valence-corrected chi connectivity index (χ4v) is 4.44. The molecule has 8 heteroatoms. The fraction of sp³-hybridized carbons (Fsp3) is 0.348. The third-order valence-electron chi connectivity index (χ3n) is 4.49. The van der Waals surface area contributed by atoms with Crippen LogP contribution >= 0.6 is 11.8 Å². The van der Waals surface area contributed by atoms with E-state index >= 15 is 0 Å². The maximum atomic E-state index is 12.2. The van der Waals surface area contributed by atoms with Gasteiger partial charge < -0.3 is 14.8 Å². The zero-order chi connectivity index (χ0) is 22.5. The van der Waals surface area contributed by atoms with E-state index in [0.29, 0.717) is 24.1 Å². The minimum Gasteiger partial charge on any atom is -0.490 e. The van der Waals surface area contributed by atoms with E-state index in [1.165, 1.54) is 30.6 Å². The van der Waals surface area contributed by atoms with Crippen LogP contribution in [0.5, 0.6) is 11.5 Å². The van der Waals surface area contributed by atoms with Gasteiger partial charge in [-0.15, -0.1) is 5.10 Å². The molecule has 0 spiro atoms. The van der Waals surface area contributed by atoms with Crippen LogP contribution in [0.1, 0.15) is 41.5 Å². The Morgan fingerprint density at radius 1 is 1.00 bits per heavy atom. The summed E-state index contributed by atoms with van der Waals surface area (Å²) < 4.78 is 11.9. The summed E-state index contributed by atoms with van der Waals surface area (Å²) in [6.45, 7) is 9.63. The molecule has 0 fully saturated rings. The first-order valence-electron chi connectivity index (χ1n) is 10.00. The number of carbonyl (C=O) groups excluding carboxylic acids is 2. The van der Waals surface area contributed by atoms with E-state index in [9.17, 15) is 9.59 Å². The number of ether oxygens (including phenoxy) is 2. The average molecular weight is 442 g/mol. The number of thioether (sulfide) groups is 1. The number of carbonyl (C=O) groups is 2. The number of nitrogens with zero attached hydrogens (tertiary/aromatic N) is 2. The molecule has 2 amide bonds. The molecule has 1 heterocycles. The highest BCUT2D eigenvalue weighted by Crippen LogP contribution is 2.42. The molecule has 164 valence electrons. The van der Waals surface area contributed by atoms with E-state index in [1.54, 1.807) is 0 Å². The minimum atomic E-state index is -0.422. The first-order valence-corrected chi connectivity index (χ1v) is 10.9. The highest BCUT2D eigenvalue weighted by molar-refractivity contribution is 8.14. The molecular weight excluding hydrogens is 414 g/mol. The number of amidine groups is 1. The molecule has 3 rings (SSSR count). The molecule has 0 radical (unpaired) electrons. The summed E-state index contributed by atoms with van der Waals surface area (Å²) in [6, 6.07) is 11.9. The van der Waals surface area contributed by atoms with Crippen LogP contribution in [0.4, 0.5) is 0 Å². The van der Waals surface area contributed by atoms with E-state index in [2.05, 4.69) is 16.5 Å². The second kappa shape index (κ2) is 9.87. The largest absolute Gasteiger partial charge is 0.490 e. The molecule has 1 aliphatic heterocycles. The van der Waals surface area contributed by atoms with Crippen LogP contribution in [-0.2, 0) is 9.59 Å². The lowest BCUT2D eigenvalue weighted by Gasteiger charge is -2.22. The van der Waals surface area contributed by atoms with Gasteiger partial charge >= 0.3 is 0 Å². The molecule has 0 aliphatic carbocycles. The number of hydrogen-bond donors (Lipinski definition) is 1. The Morgan fingerprint density at radius 3 is 2.32 bits per heavy atom. The van der Waals surface area contributed by atoms with Gasteiger partial charge in [0.05, 0.1) is 0 Å². The van der Waals surface area contributed by atoms with E-state index < -0.39 is 5.37 Å². The quantitative estimate of drug-likeness (QED) is 0.684. The van der Waals surface area contributed by atoms with Crippen molar-refractivity contribution in [1.82, 2.24) is 10.3 Å². The van der Waals surface area contributed by atoms with Crippen molar-refractivity contribution < 1.29 is 19.1 Å². The average Bonchev–Trinajstić information content (AvgIpc) is 3.08. The topological polar surface area (TPSA) is 80.2 Å². The molecule has 0 unspecified atom stereocenters. The van der Waals surface area contributed by atoms with Gasteiger partial charge in [0.2, 0.25) is 11.8 Å². The summed E-state index contributed by atoms with van der Waals surface area (Å²) in [7, 11) is 0. The third-order valence-corrected chi connectivity index (χ3v) is 5.57. The van der Waals surface area contributed by atoms with Gasteiger partial charge in [0.15, 0.2) is 5.17 Å². The lowest BCUT2D eigenvalue weighted by molar-refractivity contribution is -0.129. The Balaban J connectivity index is 1.71. The fourth-order valence-electron chi connectivity index (χ4n) is 3.29. The van der Waals surface area contributed by atoms with Gasteiger partial charge in [0, 0.05) is 19.4 Å². The Kier molecular flexibility index (Phi) is 7.22. The second-order valence-corrected chi connectivity index (χ2v) is 8.55. The van der Waals surface area contributed by atoms with Crippen LogP contribution in [0.15, 0.2) is 41.5 Å². The maximum absolute atomic E-state index is 12.2. The molecule has 1 N–H and O–H groups in total. The van der Waals surface area contributed by atoms with Crippen LogP contribution in [-0.4, -0.2) is 35.2 Å². The van der Waals surface area contributed by atoms with Crippen molar-refractivity contribution in [1.29, 1.82) is 0 Å². The van der Waals surface area contributed by atoms with Crippen LogP contribution in [0.3, 0.4) is 0 Å². The van der Waals surface area contributed by atoms with Crippen molar-refractivity contribution in [3.05, 3.63) is 58.7 Å². The molecule has 1 aliphatic rings. The summed E-state index contributed by atoms with van der Waals surface area (Å²) in [5.41, 5.74) is 4.14. The van der Waals surface area contributed by atoms with Crippen LogP contribution in [0, 0.1) is 20.8 Å². The molecule has 7 nitrogen and oxygen atoms in total. The monoisotopic (exact) mass is 441 g/mol. The van der Waals surface area contributed by atoms with Crippen LogP contribution in [0.25, 0.3) is 0 Å². The number of hydrogen-bond acceptors (Lipinski definition) is 6. The van der Waals surface area contributed by atoms with Crippen molar-refractivity contribution in [2.45, 2.75) is 40.0 Å². The zero-order valence-corrected chi connectivity index (χ0v) is 19.2. The van der Waals surface area contributed by atoms with Crippen LogP contribution < -0.4 is 14.8 Å². The smallest absolute Gasteiger partial charge is 0.241 e. The summed E-state index contributed by atoms with van der Waals surface area (Å²) in [6.07, 6.45) is 0. The third kappa shape index (κ3) is 6.01. The maximum Gasteiger partial charge on any atom is 0.241 e. The van der Waals surface area contributed by atoms with E-state index in [4.69, 9.17) is 9.47 Å². The number of benzene rings is 2. The van der Waals surface area contributed by atoms with Gasteiger partial charge in [-0.3, -0.25) is 9.59 Å². The van der Waals surface area contributed by atoms with Gasteiger partial charge in [-0.05, 0) is 56.2 Å². The van der Waals surface area contributed by atoms with Gasteiger partial charge in [-0.2, -0.15) is 0 Å². The van der Waals surface area contributed by atoms with E-state index in [-0.39, 0.29) is 11.8 Å². The van der Waals surface area contributed by atoms with E-state index in [0.717, 1.165) is 28.0 Å². The first-order chi connectivity index (χ1) is 14.7. The molecule has 2 aromatic rings. The Morgan fingerprint density at radius 2 is 1.68 bits per heavy atom. The van der Waals surface area contributed by atoms with Crippen LogP contribution in [0.2, 0.25) is 0 Å². The molecule has 0 aromatic heterocycles. The molecule has 0 saturated carbocycles. The number of rotatable bonds is 6. The summed E-state index contributed by atoms with van der Waals surface area (Å²) in [4.78, 5) is 23.6. The minimum absolute atomic E-state index is 0.219. The Labute approximate surface area is 186 Å². The molecule has 0 saturated heterocycles.